The van der Waals surface area contributed by atoms with Crippen molar-refractivity contribution in [2.45, 2.75) is 0 Å². The Labute approximate surface area is 79.0 Å². The summed E-state index contributed by atoms with van der Waals surface area (Å²) in [5.41, 5.74) is 0.575. The van der Waals surface area contributed by atoms with Crippen LogP contribution in [0.1, 0.15) is 10.7 Å². The topological polar surface area (TPSA) is 76.2 Å². The van der Waals surface area contributed by atoms with Gasteiger partial charge in [0.2, 0.25) is 12.2 Å². The molecule has 2 aromatic rings. The molecule has 0 aliphatic heterocycles. The third-order valence-corrected chi connectivity index (χ3v) is 1.63. The predicted molar refractivity (Wildman–Crippen MR) is 46.8 cm³/mol. The van der Waals surface area contributed by atoms with Crippen molar-refractivity contribution >= 4 is 6.29 Å². The van der Waals surface area contributed by atoms with Crippen LogP contribution in [0.3, 0.4) is 0 Å². The summed E-state index contributed by atoms with van der Waals surface area (Å²) in [5, 5.41) is 16.3. The Bertz CT molecular complexity index is 465. The van der Waals surface area contributed by atoms with E-state index in [2.05, 4.69) is 10.2 Å². The first kappa shape index (κ1) is 8.43. The van der Waals surface area contributed by atoms with Gasteiger partial charge >= 0.3 is 0 Å². The van der Waals surface area contributed by atoms with Gasteiger partial charge in [0.1, 0.15) is 5.75 Å². The largest absolute Gasteiger partial charge is 0.508 e. The first-order valence-electron chi connectivity index (χ1n) is 3.87. The second kappa shape index (κ2) is 3.29. The molecule has 0 unspecified atom stereocenters. The summed E-state index contributed by atoms with van der Waals surface area (Å²) in [6.45, 7) is 0. The molecule has 70 valence electrons. The Morgan fingerprint density at radius 2 is 2.21 bits per heavy atom. The van der Waals surface area contributed by atoms with E-state index in [1.54, 1.807) is 12.1 Å². The number of aromatic hydroxyl groups is 1. The van der Waals surface area contributed by atoms with Gasteiger partial charge in [0.25, 0.3) is 5.89 Å². The van der Waals surface area contributed by atoms with E-state index < -0.39 is 0 Å². The summed E-state index contributed by atoms with van der Waals surface area (Å²) in [5.74, 6) is 0.236. The molecule has 1 heterocycles. The van der Waals surface area contributed by atoms with Gasteiger partial charge in [-0.15, -0.1) is 10.2 Å². The third-order valence-electron chi connectivity index (χ3n) is 1.63. The van der Waals surface area contributed by atoms with E-state index in [1.807, 2.05) is 0 Å². The van der Waals surface area contributed by atoms with E-state index in [-0.39, 0.29) is 17.5 Å². The SMILES string of the molecule is O=Cc1nnc(-c2cccc(O)c2)o1. The van der Waals surface area contributed by atoms with Gasteiger partial charge in [-0.2, -0.15) is 0 Å². The molecule has 2 rings (SSSR count). The number of hydrogen-bond donors (Lipinski definition) is 1. The summed E-state index contributed by atoms with van der Waals surface area (Å²) < 4.78 is 4.97. The molecule has 5 nitrogen and oxygen atoms in total. The number of aromatic nitrogens is 2. The zero-order chi connectivity index (χ0) is 9.97. The number of phenols is 1. The summed E-state index contributed by atoms with van der Waals surface area (Å²) in [6, 6.07) is 6.35. The van der Waals surface area contributed by atoms with E-state index in [0.717, 1.165) is 0 Å². The van der Waals surface area contributed by atoms with Crippen molar-refractivity contribution in [2.75, 3.05) is 0 Å². The molecule has 0 spiro atoms. The van der Waals surface area contributed by atoms with Gasteiger partial charge in [-0.25, -0.2) is 0 Å². The molecular weight excluding hydrogens is 184 g/mol. The molecular formula is C9H6N2O3. The van der Waals surface area contributed by atoms with Crippen LogP contribution in [0.15, 0.2) is 28.7 Å². The Morgan fingerprint density at radius 3 is 2.86 bits per heavy atom. The Balaban J connectivity index is 2.43. The van der Waals surface area contributed by atoms with Crippen molar-refractivity contribution in [3.05, 3.63) is 30.2 Å². The van der Waals surface area contributed by atoms with Crippen LogP contribution in [-0.2, 0) is 0 Å². The highest BCUT2D eigenvalue weighted by atomic mass is 16.4. The quantitative estimate of drug-likeness (QED) is 0.721. The minimum absolute atomic E-state index is 0.0802. The number of hydrogen-bond acceptors (Lipinski definition) is 5. The van der Waals surface area contributed by atoms with Crippen LogP contribution in [0.2, 0.25) is 0 Å². The van der Waals surface area contributed by atoms with Crippen LogP contribution in [0.5, 0.6) is 5.75 Å². The molecule has 0 aliphatic rings. The second-order valence-corrected chi connectivity index (χ2v) is 2.61. The van der Waals surface area contributed by atoms with E-state index >= 15 is 0 Å². The number of carbonyl (C=O) groups excluding carboxylic acids is 1. The lowest BCUT2D eigenvalue weighted by molar-refractivity contribution is 0.109. The molecule has 0 saturated carbocycles. The third kappa shape index (κ3) is 1.47. The molecule has 0 saturated heterocycles. The molecule has 0 radical (unpaired) electrons. The van der Waals surface area contributed by atoms with Crippen LogP contribution in [0.25, 0.3) is 11.5 Å². The fourth-order valence-corrected chi connectivity index (χ4v) is 1.04. The standard InChI is InChI=1S/C9H6N2O3/c12-5-8-10-11-9(14-8)6-2-1-3-7(13)4-6/h1-5,13H. The van der Waals surface area contributed by atoms with Gasteiger partial charge in [0.15, 0.2) is 0 Å². The zero-order valence-electron chi connectivity index (χ0n) is 7.04. The van der Waals surface area contributed by atoms with Crippen molar-refractivity contribution in [2.24, 2.45) is 0 Å². The number of benzene rings is 1. The van der Waals surface area contributed by atoms with Gasteiger partial charge in [-0.3, -0.25) is 4.79 Å². The molecule has 5 heteroatoms. The lowest BCUT2D eigenvalue weighted by Gasteiger charge is -1.94. The maximum Gasteiger partial charge on any atom is 0.280 e. The number of nitrogens with zero attached hydrogens (tertiary/aromatic N) is 2. The molecule has 0 fully saturated rings. The monoisotopic (exact) mass is 190 g/mol. The lowest BCUT2D eigenvalue weighted by Crippen LogP contribution is -1.77. The molecule has 0 bridgehead atoms. The van der Waals surface area contributed by atoms with E-state index in [4.69, 9.17) is 4.42 Å². The molecule has 1 N–H and O–H groups in total. The first-order valence-corrected chi connectivity index (χ1v) is 3.87. The second-order valence-electron chi connectivity index (χ2n) is 2.61. The van der Waals surface area contributed by atoms with Crippen molar-refractivity contribution in [1.29, 1.82) is 0 Å². The Hall–Kier alpha value is -2.17. The number of carbonyl (C=O) groups is 1. The molecule has 0 atom stereocenters. The Kier molecular flexibility index (Phi) is 1.98. The average molecular weight is 190 g/mol. The fourth-order valence-electron chi connectivity index (χ4n) is 1.04. The van der Waals surface area contributed by atoms with Gasteiger partial charge in [-0.05, 0) is 18.2 Å². The maximum absolute atomic E-state index is 10.3. The summed E-state index contributed by atoms with van der Waals surface area (Å²) in [6.07, 6.45) is 0.472. The first-order chi connectivity index (χ1) is 6.79. The fraction of sp³-hybridized carbons (Fsp3) is 0. The molecule has 0 aliphatic carbocycles. The smallest absolute Gasteiger partial charge is 0.280 e. The van der Waals surface area contributed by atoms with Crippen molar-refractivity contribution in [3.8, 4) is 17.2 Å². The Morgan fingerprint density at radius 1 is 1.36 bits per heavy atom. The van der Waals surface area contributed by atoms with Crippen LogP contribution in [0, 0.1) is 0 Å². The highest BCUT2D eigenvalue weighted by Gasteiger charge is 2.07. The summed E-state index contributed by atoms with van der Waals surface area (Å²) in [4.78, 5) is 10.3. The van der Waals surface area contributed by atoms with Crippen molar-refractivity contribution < 1.29 is 14.3 Å². The van der Waals surface area contributed by atoms with Crippen LogP contribution < -0.4 is 0 Å². The average Bonchev–Trinajstić information content (AvgIpc) is 2.66. The highest BCUT2D eigenvalue weighted by molar-refractivity contribution is 5.68. The van der Waals surface area contributed by atoms with Crippen LogP contribution >= 0.6 is 0 Å². The molecule has 14 heavy (non-hydrogen) atoms. The van der Waals surface area contributed by atoms with Crippen LogP contribution in [0.4, 0.5) is 0 Å². The maximum atomic E-state index is 10.3. The van der Waals surface area contributed by atoms with Crippen molar-refractivity contribution in [1.82, 2.24) is 10.2 Å². The van der Waals surface area contributed by atoms with E-state index in [9.17, 15) is 9.90 Å². The number of rotatable bonds is 2. The van der Waals surface area contributed by atoms with Crippen molar-refractivity contribution in [3.63, 3.8) is 0 Å². The molecule has 1 aromatic carbocycles. The summed E-state index contributed by atoms with van der Waals surface area (Å²) in [7, 11) is 0. The van der Waals surface area contributed by atoms with Crippen LogP contribution in [-0.4, -0.2) is 21.6 Å². The van der Waals surface area contributed by atoms with E-state index in [0.29, 0.717) is 11.8 Å². The van der Waals surface area contributed by atoms with E-state index in [1.165, 1.54) is 12.1 Å². The molecule has 1 aromatic heterocycles. The zero-order valence-corrected chi connectivity index (χ0v) is 7.04. The number of phenolic OH excluding ortho intramolecular Hbond substituents is 1. The minimum atomic E-state index is -0.0802. The number of aldehydes is 1. The summed E-state index contributed by atoms with van der Waals surface area (Å²) >= 11 is 0. The van der Waals surface area contributed by atoms with Gasteiger partial charge < -0.3 is 9.52 Å². The lowest BCUT2D eigenvalue weighted by atomic mass is 10.2. The highest BCUT2D eigenvalue weighted by Crippen LogP contribution is 2.21. The predicted octanol–water partition coefficient (Wildman–Crippen LogP) is 1.25. The van der Waals surface area contributed by atoms with Gasteiger partial charge in [0.05, 0.1) is 0 Å². The molecule has 0 amide bonds. The minimum Gasteiger partial charge on any atom is -0.508 e. The van der Waals surface area contributed by atoms with Gasteiger partial charge in [0, 0.05) is 5.56 Å². The normalized spacial score (nSPS) is 10.0. The van der Waals surface area contributed by atoms with Gasteiger partial charge in [-0.1, -0.05) is 6.07 Å².